The maximum Gasteiger partial charge on any atom is 0.337 e. The summed E-state index contributed by atoms with van der Waals surface area (Å²) in [5.41, 5.74) is -0.810. The first-order valence-electron chi connectivity index (χ1n) is 33.9. The van der Waals surface area contributed by atoms with Crippen molar-refractivity contribution in [2.45, 2.75) is 322 Å². The predicted molar refractivity (Wildman–Crippen MR) is 342 cm³/mol. The molecular weight excluding hydrogens is 997 g/mol. The van der Waals surface area contributed by atoms with Crippen LogP contribution in [-0.4, -0.2) is 91.9 Å². The third kappa shape index (κ3) is 37.9. The molecule has 0 unspecified atom stereocenters. The van der Waals surface area contributed by atoms with E-state index in [-0.39, 0.29) is 0 Å². The fourth-order valence-electron chi connectivity index (χ4n) is 11.6. The van der Waals surface area contributed by atoms with Crippen molar-refractivity contribution in [2.24, 2.45) is 0 Å². The number of benzene rings is 2. The van der Waals surface area contributed by atoms with Crippen LogP contribution in [-0.2, 0) is 9.84 Å². The molecule has 2 N–H and O–H groups in total. The number of aromatic carboxylic acids is 2. The second-order valence-electron chi connectivity index (χ2n) is 23.9. The quantitative estimate of drug-likeness (QED) is 0.0505. The second-order valence-corrected chi connectivity index (χ2v) is 25.8. The molecule has 0 atom stereocenters. The van der Waals surface area contributed by atoms with Crippen LogP contribution in [0.2, 0.25) is 0 Å². The summed E-state index contributed by atoms with van der Waals surface area (Å²) in [5, 5.41) is 18.1. The third-order valence-corrected chi connectivity index (χ3v) is 18.6. The number of quaternary nitrogens is 2. The van der Waals surface area contributed by atoms with Gasteiger partial charge in [0.1, 0.15) is 0 Å². The Morgan fingerprint density at radius 3 is 0.620 bits per heavy atom. The highest BCUT2D eigenvalue weighted by Gasteiger charge is 2.29. The molecule has 9 heteroatoms. The summed E-state index contributed by atoms with van der Waals surface area (Å²) in [5.74, 6) is -2.80. The van der Waals surface area contributed by atoms with E-state index in [1.54, 1.807) is 0 Å². The Kier molecular flexibility index (Phi) is 50.3. The van der Waals surface area contributed by atoms with Gasteiger partial charge in [0.15, 0.2) is 0 Å². The Morgan fingerprint density at radius 1 is 0.291 bits per heavy atom. The number of hydrogen-bond donors (Lipinski definition) is 2. The van der Waals surface area contributed by atoms with Crippen LogP contribution in [0.3, 0.4) is 0 Å². The Morgan fingerprint density at radius 2 is 0.456 bits per heavy atom. The minimum Gasteiger partial charge on any atom is -0.478 e. The number of rotatable bonds is 52. The molecule has 0 radical (unpaired) electrons. The van der Waals surface area contributed by atoms with Crippen molar-refractivity contribution in [3.8, 4) is 0 Å². The van der Waals surface area contributed by atoms with Gasteiger partial charge in [-0.15, -0.1) is 0 Å². The first-order valence-corrected chi connectivity index (χ1v) is 35.4. The minimum atomic E-state index is -4.25. The number of nitrogens with zero attached hydrogens (tertiary/aromatic N) is 2. The normalized spacial score (nSPS) is 11.7. The monoisotopic (exact) mass is 1130 g/mol. The number of carbonyl (C=O) groups is 2. The van der Waals surface area contributed by atoms with E-state index >= 15 is 0 Å². The fourth-order valence-corrected chi connectivity index (χ4v) is 13.3. The van der Waals surface area contributed by atoms with Crippen LogP contribution < -0.4 is 0 Å². The molecule has 2 rings (SSSR count). The van der Waals surface area contributed by atoms with Gasteiger partial charge in [0.25, 0.3) is 0 Å². The highest BCUT2D eigenvalue weighted by Crippen LogP contribution is 2.28. The molecular formula is C70H130N2O6S+2. The smallest absolute Gasteiger partial charge is 0.337 e. The number of carboxylic acid groups (broad SMARTS) is 2. The molecule has 0 saturated carbocycles. The lowest BCUT2D eigenvalue weighted by Crippen LogP contribution is -2.50. The molecule has 0 saturated heterocycles. The van der Waals surface area contributed by atoms with Gasteiger partial charge in [-0.3, -0.25) is 0 Å². The molecule has 0 amide bonds. The maximum atomic E-state index is 12.6. The zero-order valence-electron chi connectivity index (χ0n) is 53.4. The number of hydrogen-bond acceptors (Lipinski definition) is 4. The van der Waals surface area contributed by atoms with Crippen molar-refractivity contribution >= 4 is 21.8 Å². The molecule has 0 spiro atoms. The Balaban J connectivity index is 0.00000117. The van der Waals surface area contributed by atoms with Gasteiger partial charge in [-0.2, -0.15) is 0 Å². The van der Waals surface area contributed by atoms with Crippen LogP contribution in [0.15, 0.2) is 58.3 Å². The molecule has 79 heavy (non-hydrogen) atoms. The summed E-state index contributed by atoms with van der Waals surface area (Å²) in [6.07, 6.45) is 57.6. The van der Waals surface area contributed by atoms with Crippen molar-refractivity contribution in [1.29, 1.82) is 0 Å². The highest BCUT2D eigenvalue weighted by atomic mass is 32.2. The van der Waals surface area contributed by atoms with Crippen LogP contribution in [0.1, 0.15) is 333 Å². The van der Waals surface area contributed by atoms with Crippen LogP contribution in [0.25, 0.3) is 0 Å². The standard InChI is InChI=1S/2C28H60N.C14H10O6S/c2*1-5-9-13-17-21-25-29(26-22-18-14-10-6-2,27-23-19-15-11-7-3)28-24-20-16-12-8-4;15-13(16)9-5-1-3-7-11(9)21(19,20)12-8-4-2-6-10(12)14(17)18/h2*5-28H2,1-4H3;1-8H,(H,15,16)(H,17,18)/q2*+1;. The number of sulfone groups is 1. The zero-order valence-corrected chi connectivity index (χ0v) is 54.2. The van der Waals surface area contributed by atoms with E-state index < -0.39 is 42.7 Å². The van der Waals surface area contributed by atoms with Crippen molar-refractivity contribution in [3.05, 3.63) is 59.7 Å². The molecule has 0 aliphatic carbocycles. The zero-order chi connectivity index (χ0) is 58.6. The molecule has 0 bridgehead atoms. The molecule has 8 nitrogen and oxygen atoms in total. The summed E-state index contributed by atoms with van der Waals surface area (Å²) < 4.78 is 28.1. The van der Waals surface area contributed by atoms with Crippen molar-refractivity contribution < 1.29 is 37.2 Å². The van der Waals surface area contributed by atoms with Gasteiger partial charge in [0.05, 0.1) is 73.3 Å². The molecule has 2 aromatic carbocycles. The molecule has 460 valence electrons. The lowest BCUT2D eigenvalue weighted by atomic mass is 10.1. The van der Waals surface area contributed by atoms with Gasteiger partial charge in [0, 0.05) is 0 Å². The van der Waals surface area contributed by atoms with Gasteiger partial charge in [-0.25, -0.2) is 18.0 Å². The minimum absolute atomic E-state index is 0.405. The van der Waals surface area contributed by atoms with Crippen LogP contribution >= 0.6 is 0 Å². The van der Waals surface area contributed by atoms with Crippen molar-refractivity contribution in [2.75, 3.05) is 52.4 Å². The van der Waals surface area contributed by atoms with E-state index in [4.69, 9.17) is 10.2 Å². The van der Waals surface area contributed by atoms with Crippen molar-refractivity contribution in [3.63, 3.8) is 0 Å². The first-order chi connectivity index (χ1) is 38.3. The van der Waals surface area contributed by atoms with E-state index in [0.717, 1.165) is 24.3 Å². The highest BCUT2D eigenvalue weighted by molar-refractivity contribution is 7.91. The van der Waals surface area contributed by atoms with Crippen LogP contribution in [0.4, 0.5) is 0 Å². The lowest BCUT2D eigenvalue weighted by Gasteiger charge is -2.40. The molecule has 0 fully saturated rings. The predicted octanol–water partition coefficient (Wildman–Crippen LogP) is 21.3. The van der Waals surface area contributed by atoms with Crippen molar-refractivity contribution in [1.82, 2.24) is 0 Å². The molecule has 0 aliphatic rings. The molecule has 0 aromatic heterocycles. The Labute approximate surface area is 490 Å². The molecule has 2 aromatic rings. The van der Waals surface area contributed by atoms with E-state index in [1.807, 2.05) is 0 Å². The number of carboxylic acids is 2. The number of unbranched alkanes of at least 4 members (excludes halogenated alkanes) is 32. The van der Waals surface area contributed by atoms with Gasteiger partial charge >= 0.3 is 11.9 Å². The molecule has 0 aliphatic heterocycles. The topological polar surface area (TPSA) is 109 Å². The van der Waals surface area contributed by atoms with Gasteiger partial charge in [-0.05, 0) is 127 Å². The lowest BCUT2D eigenvalue weighted by molar-refractivity contribution is -0.929. The average molecular weight is 1130 g/mol. The van der Waals surface area contributed by atoms with E-state index in [9.17, 15) is 18.0 Å². The van der Waals surface area contributed by atoms with Gasteiger partial charge in [-0.1, -0.05) is 234 Å². The second kappa shape index (κ2) is 52.1. The largest absolute Gasteiger partial charge is 0.478 e. The van der Waals surface area contributed by atoms with E-state index in [1.165, 1.54) is 342 Å². The Bertz CT molecular complexity index is 1570. The summed E-state index contributed by atoms with van der Waals surface area (Å²) in [6.45, 7) is 30.5. The van der Waals surface area contributed by atoms with E-state index in [0.29, 0.717) is 0 Å². The SMILES string of the molecule is CCCCCCC[N+](CCCCCCC)(CCCCCCC)CCCCCCC.CCCCCCC[N+](CCCCCCC)(CCCCCCC)CCCCCCC.O=C(O)c1ccccc1S(=O)(=O)c1ccccc1C(=O)O. The van der Waals surface area contributed by atoms with Crippen LogP contribution in [0, 0.1) is 0 Å². The van der Waals surface area contributed by atoms with Gasteiger partial charge < -0.3 is 19.2 Å². The molecule has 0 heterocycles. The van der Waals surface area contributed by atoms with Gasteiger partial charge in [0.2, 0.25) is 9.84 Å². The first kappa shape index (κ1) is 76.2. The fraction of sp³-hybridized carbons (Fsp3) is 0.800. The summed E-state index contributed by atoms with van der Waals surface area (Å²) >= 11 is 0. The summed E-state index contributed by atoms with van der Waals surface area (Å²) in [6, 6.07) is 10.1. The third-order valence-electron chi connectivity index (χ3n) is 16.7. The maximum absolute atomic E-state index is 12.6. The average Bonchev–Trinajstić information content (AvgIpc) is 3.45. The van der Waals surface area contributed by atoms with E-state index in [2.05, 4.69) is 55.4 Å². The summed E-state index contributed by atoms with van der Waals surface area (Å²) in [7, 11) is -4.25. The Hall–Kier alpha value is -2.75. The summed E-state index contributed by atoms with van der Waals surface area (Å²) in [4.78, 5) is 21.4. The van der Waals surface area contributed by atoms with Crippen LogP contribution in [0.5, 0.6) is 0 Å².